The van der Waals surface area contributed by atoms with Gasteiger partial charge in [-0.1, -0.05) is 0 Å². The molecule has 116 valence electrons. The molecule has 0 aliphatic carbocycles. The van der Waals surface area contributed by atoms with Crippen molar-refractivity contribution in [1.29, 1.82) is 0 Å². The molecular formula is C15H20N6O. The maximum Gasteiger partial charge on any atom is 0.228 e. The monoisotopic (exact) mass is 300 g/mol. The van der Waals surface area contributed by atoms with Crippen LogP contribution >= 0.6 is 0 Å². The molecule has 0 saturated carbocycles. The van der Waals surface area contributed by atoms with E-state index in [0.29, 0.717) is 11.8 Å². The van der Waals surface area contributed by atoms with E-state index in [2.05, 4.69) is 43.0 Å². The average molecular weight is 300 g/mol. The third kappa shape index (κ3) is 2.93. The van der Waals surface area contributed by atoms with E-state index in [-0.39, 0.29) is 0 Å². The number of aryl methyl sites for hydroxylation is 2. The Morgan fingerprint density at radius 1 is 1.05 bits per heavy atom. The van der Waals surface area contributed by atoms with E-state index >= 15 is 0 Å². The lowest BCUT2D eigenvalue weighted by Gasteiger charge is -2.35. The molecule has 2 aromatic heterocycles. The highest BCUT2D eigenvalue weighted by molar-refractivity contribution is 5.44. The normalized spacial score (nSPS) is 15.0. The first-order chi connectivity index (χ1) is 10.7. The van der Waals surface area contributed by atoms with Crippen LogP contribution in [0.25, 0.3) is 0 Å². The Morgan fingerprint density at radius 3 is 2.45 bits per heavy atom. The number of aromatic nitrogens is 4. The van der Waals surface area contributed by atoms with Crippen LogP contribution in [-0.2, 0) is 0 Å². The van der Waals surface area contributed by atoms with Gasteiger partial charge in [-0.15, -0.1) is 5.10 Å². The Morgan fingerprint density at radius 2 is 1.77 bits per heavy atom. The molecule has 7 heteroatoms. The molecule has 0 atom stereocenters. The number of piperazine rings is 1. The smallest absolute Gasteiger partial charge is 0.228 e. The molecule has 2 aromatic rings. The Bertz CT molecular complexity index is 654. The Kier molecular flexibility index (Phi) is 4.04. The lowest BCUT2D eigenvalue weighted by atomic mass is 10.2. The first-order valence-corrected chi connectivity index (χ1v) is 7.35. The number of ether oxygens (including phenoxy) is 1. The van der Waals surface area contributed by atoms with Crippen molar-refractivity contribution in [2.24, 2.45) is 0 Å². The maximum atomic E-state index is 5.15. The van der Waals surface area contributed by atoms with Gasteiger partial charge in [-0.05, 0) is 25.5 Å². The predicted octanol–water partition coefficient (Wildman–Crippen LogP) is 1.22. The van der Waals surface area contributed by atoms with Crippen molar-refractivity contribution >= 4 is 11.8 Å². The van der Waals surface area contributed by atoms with Crippen molar-refractivity contribution in [1.82, 2.24) is 20.2 Å². The molecule has 1 fully saturated rings. The summed E-state index contributed by atoms with van der Waals surface area (Å²) in [4.78, 5) is 13.1. The van der Waals surface area contributed by atoms with Crippen LogP contribution in [-0.4, -0.2) is 53.5 Å². The van der Waals surface area contributed by atoms with Crippen molar-refractivity contribution < 1.29 is 4.74 Å². The van der Waals surface area contributed by atoms with Gasteiger partial charge in [0.25, 0.3) is 0 Å². The van der Waals surface area contributed by atoms with E-state index in [1.165, 1.54) is 5.56 Å². The fourth-order valence-electron chi connectivity index (χ4n) is 2.42. The van der Waals surface area contributed by atoms with Crippen LogP contribution in [0.3, 0.4) is 0 Å². The maximum absolute atomic E-state index is 5.15. The second-order valence-corrected chi connectivity index (χ2v) is 5.34. The van der Waals surface area contributed by atoms with Crippen molar-refractivity contribution in [2.45, 2.75) is 13.8 Å². The molecule has 1 saturated heterocycles. The predicted molar refractivity (Wildman–Crippen MR) is 84.5 cm³/mol. The summed E-state index contributed by atoms with van der Waals surface area (Å²) >= 11 is 0. The molecular weight excluding hydrogens is 280 g/mol. The summed E-state index contributed by atoms with van der Waals surface area (Å²) in [6.07, 6.45) is 1.72. The molecule has 0 unspecified atom stereocenters. The van der Waals surface area contributed by atoms with Crippen LogP contribution in [0.1, 0.15) is 11.3 Å². The average Bonchev–Trinajstić information content (AvgIpc) is 2.57. The van der Waals surface area contributed by atoms with E-state index in [9.17, 15) is 0 Å². The molecule has 0 radical (unpaired) electrons. The number of nitrogens with zero attached hydrogens (tertiary/aromatic N) is 6. The van der Waals surface area contributed by atoms with Gasteiger partial charge in [0, 0.05) is 38.4 Å². The Balaban J connectivity index is 1.68. The molecule has 1 aliphatic rings. The van der Waals surface area contributed by atoms with Crippen LogP contribution in [0.4, 0.5) is 11.8 Å². The third-order valence-corrected chi connectivity index (χ3v) is 3.93. The van der Waals surface area contributed by atoms with Gasteiger partial charge in [0.05, 0.1) is 12.8 Å². The summed E-state index contributed by atoms with van der Waals surface area (Å²) in [7, 11) is 1.61. The van der Waals surface area contributed by atoms with Gasteiger partial charge in [0.2, 0.25) is 11.8 Å². The summed E-state index contributed by atoms with van der Waals surface area (Å²) in [5.74, 6) is 2.24. The molecule has 0 bridgehead atoms. The topological polar surface area (TPSA) is 67.3 Å². The fraction of sp³-hybridized carbons (Fsp3) is 0.467. The van der Waals surface area contributed by atoms with E-state index in [4.69, 9.17) is 4.74 Å². The summed E-state index contributed by atoms with van der Waals surface area (Å²) in [5, 5.41) is 8.50. The molecule has 0 amide bonds. The van der Waals surface area contributed by atoms with Crippen LogP contribution in [0.15, 0.2) is 18.3 Å². The van der Waals surface area contributed by atoms with Gasteiger partial charge >= 0.3 is 0 Å². The molecule has 0 N–H and O–H groups in total. The molecule has 3 rings (SSSR count). The number of methoxy groups -OCH3 is 1. The number of hydrogen-bond acceptors (Lipinski definition) is 7. The highest BCUT2D eigenvalue weighted by Gasteiger charge is 2.20. The van der Waals surface area contributed by atoms with Crippen LogP contribution in [0.2, 0.25) is 0 Å². The number of anilines is 2. The minimum absolute atomic E-state index is 0.590. The number of rotatable bonds is 3. The molecule has 0 spiro atoms. The number of hydrogen-bond donors (Lipinski definition) is 0. The summed E-state index contributed by atoms with van der Waals surface area (Å²) in [5.41, 5.74) is 2.15. The summed E-state index contributed by atoms with van der Waals surface area (Å²) in [6.45, 7) is 7.48. The molecule has 0 aromatic carbocycles. The highest BCUT2D eigenvalue weighted by Crippen LogP contribution is 2.18. The molecule has 1 aliphatic heterocycles. The summed E-state index contributed by atoms with van der Waals surface area (Å²) < 4.78 is 5.15. The minimum Gasteiger partial charge on any atom is -0.481 e. The van der Waals surface area contributed by atoms with Gasteiger partial charge in [-0.25, -0.2) is 4.98 Å². The van der Waals surface area contributed by atoms with Crippen LogP contribution in [0, 0.1) is 13.8 Å². The second-order valence-electron chi connectivity index (χ2n) is 5.34. The molecule has 22 heavy (non-hydrogen) atoms. The standard InChI is InChI=1S/C15H20N6O/c1-11-10-13(19-18-12(11)2)20-6-8-21(9-7-20)15-16-5-4-14(17-15)22-3/h4-5,10H,6-9H2,1-3H3. The zero-order valence-corrected chi connectivity index (χ0v) is 13.2. The van der Waals surface area contributed by atoms with E-state index in [1.54, 1.807) is 19.4 Å². The van der Waals surface area contributed by atoms with Crippen molar-refractivity contribution in [2.75, 3.05) is 43.1 Å². The van der Waals surface area contributed by atoms with Gasteiger partial charge in [-0.3, -0.25) is 0 Å². The Labute approximate surface area is 130 Å². The quantitative estimate of drug-likeness (QED) is 0.844. The largest absolute Gasteiger partial charge is 0.481 e. The first kappa shape index (κ1) is 14.5. The van der Waals surface area contributed by atoms with Gasteiger partial charge < -0.3 is 14.5 Å². The fourth-order valence-corrected chi connectivity index (χ4v) is 2.42. The SMILES string of the molecule is COc1ccnc(N2CCN(c3cc(C)c(C)nn3)CC2)n1. The van der Waals surface area contributed by atoms with E-state index < -0.39 is 0 Å². The second kappa shape index (κ2) is 6.13. The van der Waals surface area contributed by atoms with Crippen LogP contribution in [0.5, 0.6) is 5.88 Å². The van der Waals surface area contributed by atoms with Gasteiger partial charge in [0.1, 0.15) is 0 Å². The lowest BCUT2D eigenvalue weighted by molar-refractivity contribution is 0.396. The van der Waals surface area contributed by atoms with Crippen LogP contribution < -0.4 is 14.5 Å². The minimum atomic E-state index is 0.590. The van der Waals surface area contributed by atoms with Gasteiger partial charge in [0.15, 0.2) is 5.82 Å². The van der Waals surface area contributed by atoms with Crippen molar-refractivity contribution in [3.05, 3.63) is 29.6 Å². The first-order valence-electron chi connectivity index (χ1n) is 7.35. The van der Waals surface area contributed by atoms with E-state index in [1.807, 2.05) is 6.92 Å². The van der Waals surface area contributed by atoms with Crippen molar-refractivity contribution in [3.63, 3.8) is 0 Å². The lowest BCUT2D eigenvalue weighted by Crippen LogP contribution is -2.47. The Hall–Kier alpha value is -2.44. The molecule has 7 nitrogen and oxygen atoms in total. The zero-order chi connectivity index (χ0) is 15.5. The van der Waals surface area contributed by atoms with E-state index in [0.717, 1.165) is 37.7 Å². The highest BCUT2D eigenvalue weighted by atomic mass is 16.5. The molecule has 3 heterocycles. The van der Waals surface area contributed by atoms with Gasteiger partial charge in [-0.2, -0.15) is 10.1 Å². The third-order valence-electron chi connectivity index (χ3n) is 3.93. The van der Waals surface area contributed by atoms with Crippen molar-refractivity contribution in [3.8, 4) is 5.88 Å². The zero-order valence-electron chi connectivity index (χ0n) is 13.2. The summed E-state index contributed by atoms with van der Waals surface area (Å²) in [6, 6.07) is 3.85.